The van der Waals surface area contributed by atoms with E-state index in [1.807, 2.05) is 37.7 Å². The molecular weight excluding hydrogens is 314 g/mol. The van der Waals surface area contributed by atoms with E-state index in [-0.39, 0.29) is 0 Å². The van der Waals surface area contributed by atoms with Crippen LogP contribution < -0.4 is 0 Å². The van der Waals surface area contributed by atoms with Gasteiger partial charge in [0.25, 0.3) is 0 Å². The van der Waals surface area contributed by atoms with Crippen LogP contribution in [0.1, 0.15) is 52.6 Å². The topological polar surface area (TPSA) is 73.3 Å². The SMILES string of the molecule is Cc1ncc(C)n2cc(C3CC3c3nc4c(C)ncc(C)n4n3)nc12. The van der Waals surface area contributed by atoms with Gasteiger partial charge in [0, 0.05) is 36.1 Å². The number of aromatic nitrogens is 7. The molecule has 1 aliphatic carbocycles. The third-order valence-electron chi connectivity index (χ3n) is 5.10. The average Bonchev–Trinajstić information content (AvgIpc) is 3.06. The highest BCUT2D eigenvalue weighted by molar-refractivity contribution is 5.48. The fraction of sp³-hybridized carbons (Fsp3) is 0.389. The van der Waals surface area contributed by atoms with Gasteiger partial charge in [0.1, 0.15) is 0 Å². The highest BCUT2D eigenvalue weighted by Gasteiger charge is 2.44. The van der Waals surface area contributed by atoms with Crippen LogP contribution in [0.15, 0.2) is 18.6 Å². The lowest BCUT2D eigenvalue weighted by Gasteiger charge is -1.99. The van der Waals surface area contributed by atoms with Crippen LogP contribution in [0.25, 0.3) is 11.3 Å². The van der Waals surface area contributed by atoms with Crippen molar-refractivity contribution >= 4 is 11.3 Å². The Bertz CT molecular complexity index is 969. The maximum Gasteiger partial charge on any atom is 0.177 e. The van der Waals surface area contributed by atoms with Gasteiger partial charge in [0.15, 0.2) is 17.1 Å². The summed E-state index contributed by atoms with van der Waals surface area (Å²) in [5, 5.41) is 4.72. The Kier molecular flexibility index (Phi) is 2.81. The molecule has 7 heteroatoms. The first-order valence-electron chi connectivity index (χ1n) is 8.53. The van der Waals surface area contributed by atoms with Crippen LogP contribution in [-0.2, 0) is 0 Å². The predicted octanol–water partition coefficient (Wildman–Crippen LogP) is 2.67. The van der Waals surface area contributed by atoms with Gasteiger partial charge < -0.3 is 4.40 Å². The van der Waals surface area contributed by atoms with Crippen LogP contribution in [0, 0.1) is 27.7 Å². The maximum absolute atomic E-state index is 4.83. The first-order valence-corrected chi connectivity index (χ1v) is 8.53. The number of hydrogen-bond acceptors (Lipinski definition) is 5. The first-order chi connectivity index (χ1) is 12.0. The summed E-state index contributed by atoms with van der Waals surface area (Å²) in [7, 11) is 0. The second kappa shape index (κ2) is 4.84. The number of nitrogens with zero attached hydrogens (tertiary/aromatic N) is 7. The van der Waals surface area contributed by atoms with Crippen molar-refractivity contribution in [3.05, 3.63) is 52.9 Å². The summed E-state index contributed by atoms with van der Waals surface area (Å²) >= 11 is 0. The van der Waals surface area contributed by atoms with Crippen molar-refractivity contribution in [2.75, 3.05) is 0 Å². The zero-order chi connectivity index (χ0) is 17.3. The van der Waals surface area contributed by atoms with Crippen LogP contribution in [-0.4, -0.2) is 34.0 Å². The Hall–Kier alpha value is -2.83. The molecule has 0 radical (unpaired) electrons. The van der Waals surface area contributed by atoms with Gasteiger partial charge >= 0.3 is 0 Å². The Morgan fingerprint density at radius 2 is 1.60 bits per heavy atom. The zero-order valence-corrected chi connectivity index (χ0v) is 14.7. The summed E-state index contributed by atoms with van der Waals surface area (Å²) in [6.45, 7) is 8.02. The molecule has 4 aromatic heterocycles. The van der Waals surface area contributed by atoms with Crippen LogP contribution in [0.4, 0.5) is 0 Å². The molecule has 0 saturated heterocycles. The van der Waals surface area contributed by atoms with Crippen molar-refractivity contribution in [3.63, 3.8) is 0 Å². The van der Waals surface area contributed by atoms with Crippen molar-refractivity contribution in [1.29, 1.82) is 0 Å². The van der Waals surface area contributed by atoms with Crippen LogP contribution in [0.2, 0.25) is 0 Å². The van der Waals surface area contributed by atoms with Crippen LogP contribution >= 0.6 is 0 Å². The van der Waals surface area contributed by atoms with E-state index in [0.717, 1.165) is 52.0 Å². The van der Waals surface area contributed by atoms with E-state index < -0.39 is 0 Å². The van der Waals surface area contributed by atoms with E-state index >= 15 is 0 Å². The van der Waals surface area contributed by atoms with E-state index in [1.165, 1.54) is 0 Å². The van der Waals surface area contributed by atoms with E-state index in [2.05, 4.69) is 27.5 Å². The van der Waals surface area contributed by atoms with Gasteiger partial charge in [-0.25, -0.2) is 14.5 Å². The van der Waals surface area contributed by atoms with E-state index in [1.54, 1.807) is 0 Å². The van der Waals surface area contributed by atoms with Gasteiger partial charge in [-0.1, -0.05) is 0 Å². The first kappa shape index (κ1) is 14.5. The molecule has 0 aliphatic heterocycles. The van der Waals surface area contributed by atoms with E-state index in [0.29, 0.717) is 11.8 Å². The molecule has 126 valence electrons. The summed E-state index contributed by atoms with van der Waals surface area (Å²) in [6, 6.07) is 0. The van der Waals surface area contributed by atoms with E-state index in [9.17, 15) is 0 Å². The van der Waals surface area contributed by atoms with Gasteiger partial charge in [-0.2, -0.15) is 5.10 Å². The standard InChI is InChI=1S/C18H19N7/c1-9-6-19-11(3)17-21-15(8-24(9)17)13-5-14(13)16-22-18-12(4)20-7-10(2)25(18)23-16/h6-8,13-14H,5H2,1-4H3. The van der Waals surface area contributed by atoms with Gasteiger partial charge in [-0.3, -0.25) is 9.97 Å². The lowest BCUT2D eigenvalue weighted by molar-refractivity contribution is 0.829. The van der Waals surface area contributed by atoms with Gasteiger partial charge in [-0.15, -0.1) is 0 Å². The summed E-state index contributed by atoms with van der Waals surface area (Å²) in [6.07, 6.45) is 6.90. The quantitative estimate of drug-likeness (QED) is 0.564. The van der Waals surface area contributed by atoms with Gasteiger partial charge in [0.05, 0.1) is 22.8 Å². The molecule has 0 bridgehead atoms. The smallest absolute Gasteiger partial charge is 0.177 e. The highest BCUT2D eigenvalue weighted by atomic mass is 15.3. The number of imidazole rings is 1. The number of aryl methyl sites for hydroxylation is 4. The van der Waals surface area contributed by atoms with Crippen molar-refractivity contribution in [1.82, 2.24) is 34.0 Å². The van der Waals surface area contributed by atoms with Gasteiger partial charge in [-0.05, 0) is 34.1 Å². The molecule has 25 heavy (non-hydrogen) atoms. The minimum Gasteiger partial charge on any atom is -0.301 e. The summed E-state index contributed by atoms with van der Waals surface area (Å²) < 4.78 is 4.03. The van der Waals surface area contributed by atoms with Gasteiger partial charge in [0.2, 0.25) is 0 Å². The van der Waals surface area contributed by atoms with Crippen LogP contribution in [0.3, 0.4) is 0 Å². The second-order valence-electron chi connectivity index (χ2n) is 6.98. The number of fused-ring (bicyclic) bond motifs is 2. The summed E-state index contributed by atoms with van der Waals surface area (Å²) in [5.41, 5.74) is 6.87. The largest absolute Gasteiger partial charge is 0.301 e. The molecule has 1 saturated carbocycles. The molecule has 7 nitrogen and oxygen atoms in total. The minimum absolute atomic E-state index is 0.331. The maximum atomic E-state index is 4.83. The molecule has 5 rings (SSSR count). The monoisotopic (exact) mass is 333 g/mol. The van der Waals surface area contributed by atoms with Crippen molar-refractivity contribution in [3.8, 4) is 0 Å². The third kappa shape index (κ3) is 2.08. The summed E-state index contributed by atoms with van der Waals surface area (Å²) in [4.78, 5) is 18.4. The third-order valence-corrected chi connectivity index (χ3v) is 5.10. The molecule has 0 N–H and O–H groups in total. The average molecular weight is 333 g/mol. The predicted molar refractivity (Wildman–Crippen MR) is 92.8 cm³/mol. The van der Waals surface area contributed by atoms with Crippen molar-refractivity contribution in [2.45, 2.75) is 46.0 Å². The molecule has 4 aromatic rings. The molecule has 2 unspecified atom stereocenters. The fourth-order valence-electron chi connectivity index (χ4n) is 3.49. The lowest BCUT2D eigenvalue weighted by atomic mass is 10.2. The van der Waals surface area contributed by atoms with Crippen molar-refractivity contribution < 1.29 is 0 Å². The zero-order valence-electron chi connectivity index (χ0n) is 14.7. The Morgan fingerprint density at radius 3 is 2.32 bits per heavy atom. The fourth-order valence-corrected chi connectivity index (χ4v) is 3.49. The molecule has 4 heterocycles. The Balaban J connectivity index is 1.53. The normalized spacial score (nSPS) is 19.8. The molecule has 1 fully saturated rings. The number of hydrogen-bond donors (Lipinski definition) is 0. The lowest BCUT2D eigenvalue weighted by Crippen LogP contribution is -1.97. The van der Waals surface area contributed by atoms with Crippen LogP contribution in [0.5, 0.6) is 0 Å². The number of rotatable bonds is 2. The Labute approximate surface area is 144 Å². The molecule has 0 aromatic carbocycles. The minimum atomic E-state index is 0.331. The molecule has 2 atom stereocenters. The molecule has 1 aliphatic rings. The van der Waals surface area contributed by atoms with E-state index in [4.69, 9.17) is 15.1 Å². The molecular formula is C18H19N7. The Morgan fingerprint density at radius 1 is 0.880 bits per heavy atom. The summed E-state index contributed by atoms with van der Waals surface area (Å²) in [5.74, 6) is 1.61. The molecule has 0 spiro atoms. The van der Waals surface area contributed by atoms with Crippen molar-refractivity contribution in [2.24, 2.45) is 0 Å². The second-order valence-corrected chi connectivity index (χ2v) is 6.98. The molecule has 0 amide bonds. The highest BCUT2D eigenvalue weighted by Crippen LogP contribution is 2.53.